The van der Waals surface area contributed by atoms with Crippen LogP contribution in [-0.4, -0.2) is 16.2 Å². The number of phenolic OH excluding ortho intramolecular Hbond substituents is 1. The van der Waals surface area contributed by atoms with Gasteiger partial charge >= 0.3 is 5.97 Å². The molecular weight excluding hydrogens is 380 g/mol. The van der Waals surface area contributed by atoms with Crippen molar-refractivity contribution in [2.75, 3.05) is 0 Å². The number of hydrogen-bond acceptors (Lipinski definition) is 4. The number of aromatic carboxylic acids is 1. The normalized spacial score (nSPS) is 11.8. The molecule has 2 aliphatic rings. The summed E-state index contributed by atoms with van der Waals surface area (Å²) in [4.78, 5) is 24.0. The van der Waals surface area contributed by atoms with Crippen LogP contribution in [0.4, 0.5) is 0 Å². The molecule has 2 N–H and O–H groups in total. The summed E-state index contributed by atoms with van der Waals surface area (Å²) in [5.74, 6) is -0.670. The van der Waals surface area contributed by atoms with Crippen LogP contribution in [0.5, 0.6) is 5.75 Å². The summed E-state index contributed by atoms with van der Waals surface area (Å²) in [6.07, 6.45) is 0.776. The molecule has 0 spiro atoms. The van der Waals surface area contributed by atoms with Gasteiger partial charge in [0.1, 0.15) is 17.1 Å². The number of benzene rings is 3. The second-order valence-corrected chi connectivity index (χ2v) is 8.74. The maximum Gasteiger partial charge on any atom is 0.336 e. The lowest BCUT2D eigenvalue weighted by Crippen LogP contribution is -2.10. The molecule has 1 aliphatic carbocycles. The van der Waals surface area contributed by atoms with Crippen molar-refractivity contribution in [1.82, 2.24) is 0 Å². The first-order valence-corrected chi connectivity index (χ1v) is 9.68. The molecule has 0 saturated heterocycles. The van der Waals surface area contributed by atoms with Crippen molar-refractivity contribution in [2.24, 2.45) is 5.41 Å². The van der Waals surface area contributed by atoms with Crippen LogP contribution in [0.15, 0.2) is 63.8 Å². The van der Waals surface area contributed by atoms with Gasteiger partial charge in [-0.2, -0.15) is 0 Å². The molecule has 5 heteroatoms. The summed E-state index contributed by atoms with van der Waals surface area (Å²) in [7, 11) is 0. The smallest absolute Gasteiger partial charge is 0.336 e. The molecule has 0 atom stereocenters. The zero-order valence-corrected chi connectivity index (χ0v) is 17.0. The predicted molar refractivity (Wildman–Crippen MR) is 116 cm³/mol. The van der Waals surface area contributed by atoms with E-state index >= 15 is 0 Å². The largest absolute Gasteiger partial charge is 0.508 e. The third-order valence-corrected chi connectivity index (χ3v) is 5.00. The Morgan fingerprint density at radius 2 is 1.73 bits per heavy atom. The highest BCUT2D eigenvalue weighted by Gasteiger charge is 2.23. The van der Waals surface area contributed by atoms with Crippen molar-refractivity contribution in [1.29, 1.82) is 0 Å². The number of phenols is 1. The predicted octanol–water partition coefficient (Wildman–Crippen LogP) is 5.56. The molecule has 0 saturated carbocycles. The maximum atomic E-state index is 12.1. The molecule has 0 unspecified atom stereocenters. The van der Waals surface area contributed by atoms with Gasteiger partial charge in [-0.15, -0.1) is 0 Å². The van der Waals surface area contributed by atoms with Crippen molar-refractivity contribution in [3.63, 3.8) is 0 Å². The molecule has 4 rings (SSSR count). The summed E-state index contributed by atoms with van der Waals surface area (Å²) in [5.41, 5.74) is 3.24. The summed E-state index contributed by atoms with van der Waals surface area (Å²) >= 11 is 0. The van der Waals surface area contributed by atoms with Crippen molar-refractivity contribution in [3.05, 3.63) is 75.9 Å². The van der Waals surface area contributed by atoms with E-state index in [4.69, 9.17) is 4.42 Å². The van der Waals surface area contributed by atoms with Crippen LogP contribution >= 0.6 is 0 Å². The lowest BCUT2D eigenvalue weighted by Gasteiger charge is -2.21. The third-order valence-electron chi connectivity index (χ3n) is 5.00. The Balaban J connectivity index is 2.12. The van der Waals surface area contributed by atoms with Crippen LogP contribution in [0, 0.1) is 5.41 Å². The highest BCUT2D eigenvalue weighted by molar-refractivity contribution is 6.07. The van der Waals surface area contributed by atoms with Gasteiger partial charge in [-0.05, 0) is 53.3 Å². The third kappa shape index (κ3) is 3.66. The van der Waals surface area contributed by atoms with Crippen LogP contribution in [-0.2, 0) is 6.42 Å². The van der Waals surface area contributed by atoms with Crippen LogP contribution in [0.2, 0.25) is 0 Å². The van der Waals surface area contributed by atoms with Crippen LogP contribution in [0.25, 0.3) is 33.4 Å². The van der Waals surface area contributed by atoms with E-state index in [1.807, 2.05) is 12.1 Å². The van der Waals surface area contributed by atoms with Crippen LogP contribution in [0.1, 0.15) is 36.7 Å². The van der Waals surface area contributed by atoms with Crippen molar-refractivity contribution in [3.8, 4) is 28.2 Å². The Kier molecular flexibility index (Phi) is 4.61. The van der Waals surface area contributed by atoms with Gasteiger partial charge < -0.3 is 14.6 Å². The second-order valence-electron chi connectivity index (χ2n) is 8.74. The van der Waals surface area contributed by atoms with E-state index in [-0.39, 0.29) is 22.2 Å². The van der Waals surface area contributed by atoms with E-state index in [1.54, 1.807) is 18.2 Å². The molecule has 0 fully saturated rings. The summed E-state index contributed by atoms with van der Waals surface area (Å²) in [6.45, 7) is 6.38. The van der Waals surface area contributed by atoms with Gasteiger partial charge in [0.2, 0.25) is 0 Å². The number of carbonyl (C=O) groups is 1. The molecule has 0 amide bonds. The first-order valence-electron chi connectivity index (χ1n) is 9.68. The summed E-state index contributed by atoms with van der Waals surface area (Å²) in [6, 6.07) is 14.6. The molecule has 2 aromatic carbocycles. The number of carboxylic acids is 1. The molecule has 152 valence electrons. The highest BCUT2D eigenvalue weighted by atomic mass is 16.4. The van der Waals surface area contributed by atoms with Gasteiger partial charge in [0.05, 0.1) is 5.56 Å². The fraction of sp³-hybridized carbons (Fsp3) is 0.200. The first-order chi connectivity index (χ1) is 14.1. The Morgan fingerprint density at radius 3 is 2.43 bits per heavy atom. The van der Waals surface area contributed by atoms with Gasteiger partial charge in [-0.3, -0.25) is 4.79 Å². The molecule has 30 heavy (non-hydrogen) atoms. The topological polar surface area (TPSA) is 87.7 Å². The zero-order chi connectivity index (χ0) is 21.6. The average Bonchev–Trinajstić information content (AvgIpc) is 2.64. The number of rotatable bonds is 3. The molecule has 0 radical (unpaired) electrons. The molecule has 1 heterocycles. The van der Waals surface area contributed by atoms with Crippen LogP contribution in [0.3, 0.4) is 0 Å². The molecule has 5 nitrogen and oxygen atoms in total. The number of aromatic hydroxyl groups is 1. The molecule has 1 aliphatic heterocycles. The number of carboxylic acid groups (broad SMARTS) is 1. The van der Waals surface area contributed by atoms with Crippen molar-refractivity contribution >= 4 is 16.9 Å². The van der Waals surface area contributed by atoms with Crippen molar-refractivity contribution < 1.29 is 19.4 Å². The summed E-state index contributed by atoms with van der Waals surface area (Å²) < 4.78 is 5.87. The Bertz CT molecular complexity index is 1310. The van der Waals surface area contributed by atoms with Gasteiger partial charge in [0.15, 0.2) is 5.43 Å². The Labute approximate surface area is 173 Å². The molecular formula is C25H22O5. The quantitative estimate of drug-likeness (QED) is 0.438. The van der Waals surface area contributed by atoms with E-state index in [9.17, 15) is 19.8 Å². The van der Waals surface area contributed by atoms with Gasteiger partial charge in [0, 0.05) is 28.6 Å². The molecule has 0 aromatic heterocycles. The minimum absolute atomic E-state index is 0.0229. The lowest BCUT2D eigenvalue weighted by atomic mass is 9.84. The van der Waals surface area contributed by atoms with E-state index in [1.165, 1.54) is 24.3 Å². The molecule has 0 bridgehead atoms. The number of fused-ring (bicyclic) bond motifs is 2. The van der Waals surface area contributed by atoms with Crippen molar-refractivity contribution in [2.45, 2.75) is 27.2 Å². The van der Waals surface area contributed by atoms with Gasteiger partial charge in [-0.1, -0.05) is 32.9 Å². The lowest BCUT2D eigenvalue weighted by molar-refractivity contribution is 0.0697. The van der Waals surface area contributed by atoms with E-state index < -0.39 is 5.97 Å². The zero-order valence-electron chi connectivity index (χ0n) is 17.0. The van der Waals surface area contributed by atoms with E-state index in [0.717, 1.165) is 12.0 Å². The fourth-order valence-electron chi connectivity index (χ4n) is 3.86. The van der Waals surface area contributed by atoms with Gasteiger partial charge in [0.25, 0.3) is 0 Å². The average molecular weight is 402 g/mol. The monoisotopic (exact) mass is 402 g/mol. The highest BCUT2D eigenvalue weighted by Crippen LogP contribution is 2.42. The van der Waals surface area contributed by atoms with E-state index in [0.29, 0.717) is 33.4 Å². The van der Waals surface area contributed by atoms with E-state index in [2.05, 4.69) is 20.8 Å². The minimum atomic E-state index is -1.03. The Morgan fingerprint density at radius 1 is 0.967 bits per heavy atom. The minimum Gasteiger partial charge on any atom is -0.508 e. The first kappa shape index (κ1) is 19.7. The summed E-state index contributed by atoms with van der Waals surface area (Å²) in [5, 5.41) is 20.4. The maximum absolute atomic E-state index is 12.1. The van der Waals surface area contributed by atoms with Crippen LogP contribution < -0.4 is 5.43 Å². The SMILES string of the molecule is CC(C)(C)Cc1ccc(C(=O)O)c(-c2c3ccc(=O)cc-3oc3cc(O)ccc23)c1. The van der Waals surface area contributed by atoms with Gasteiger partial charge in [-0.25, -0.2) is 4.79 Å². The Hall–Kier alpha value is -3.60. The number of hydrogen-bond donors (Lipinski definition) is 2. The fourth-order valence-corrected chi connectivity index (χ4v) is 3.86. The second kappa shape index (κ2) is 7.02. The molecule has 2 aromatic rings. The standard InChI is InChI=1S/C25H22O5/c1-25(2,3)13-14-4-7-17(24(28)29)20(10-14)23-18-8-5-15(26)11-21(18)30-22-12-16(27)6-9-19(22)23/h4-12,26H,13H2,1-3H3,(H,28,29).